The molecule has 3 nitrogen and oxygen atoms in total. The number of hydrogen-bond acceptors (Lipinski definition) is 3. The lowest BCUT2D eigenvalue weighted by Crippen LogP contribution is -2.07. The summed E-state index contributed by atoms with van der Waals surface area (Å²) in [7, 11) is 0. The van der Waals surface area contributed by atoms with Crippen molar-refractivity contribution in [1.29, 1.82) is 0 Å². The zero-order valence-electron chi connectivity index (χ0n) is 5.77. The Morgan fingerprint density at radius 1 is 1.45 bits per heavy atom. The Morgan fingerprint density at radius 3 is 2.91 bits per heavy atom. The molecule has 2 aromatic rings. The summed E-state index contributed by atoms with van der Waals surface area (Å²) >= 11 is 1.66. The van der Waals surface area contributed by atoms with Crippen LogP contribution in [0.5, 0.6) is 0 Å². The van der Waals surface area contributed by atoms with Crippen LogP contribution < -0.4 is 5.84 Å². The quantitative estimate of drug-likeness (QED) is 0.648. The molecule has 11 heavy (non-hydrogen) atoms. The highest BCUT2D eigenvalue weighted by molar-refractivity contribution is 7.13. The lowest BCUT2D eigenvalue weighted by atomic mass is 10.4. The van der Waals surface area contributed by atoms with E-state index in [-0.39, 0.29) is 0 Å². The number of nitrogen functional groups attached to an aromatic ring is 1. The van der Waals surface area contributed by atoms with E-state index in [9.17, 15) is 0 Å². The molecular weight excluding hydrogens is 158 g/mol. The van der Waals surface area contributed by atoms with E-state index in [1.54, 1.807) is 17.5 Å². The Labute approximate surface area is 68.0 Å². The van der Waals surface area contributed by atoms with Crippen molar-refractivity contribution in [3.05, 3.63) is 29.8 Å². The number of rotatable bonds is 1. The predicted molar refractivity (Wildman–Crippen MR) is 45.7 cm³/mol. The Hall–Kier alpha value is -1.29. The molecule has 0 fully saturated rings. The molecule has 0 aliphatic carbocycles. The standard InChI is InChI=1S/C7H7N3S/c8-10-4-3-6(9-10)7-2-1-5-11-7/h1-5H,8H2. The molecule has 4 heteroatoms. The molecule has 0 radical (unpaired) electrons. The molecule has 0 unspecified atom stereocenters. The molecule has 0 aliphatic rings. The van der Waals surface area contributed by atoms with Crippen molar-refractivity contribution in [3.63, 3.8) is 0 Å². The second kappa shape index (κ2) is 2.39. The predicted octanol–water partition coefficient (Wildman–Crippen LogP) is 1.33. The number of aromatic nitrogens is 2. The first-order chi connectivity index (χ1) is 5.36. The van der Waals surface area contributed by atoms with Crippen LogP contribution in [-0.2, 0) is 0 Å². The SMILES string of the molecule is Nn1ccc(-c2cccs2)n1. The Morgan fingerprint density at radius 2 is 2.36 bits per heavy atom. The summed E-state index contributed by atoms with van der Waals surface area (Å²) in [4.78, 5) is 2.46. The van der Waals surface area contributed by atoms with Crippen molar-refractivity contribution in [3.8, 4) is 10.6 Å². The molecule has 2 N–H and O–H groups in total. The summed E-state index contributed by atoms with van der Waals surface area (Å²) in [5.74, 6) is 5.39. The van der Waals surface area contributed by atoms with E-state index in [4.69, 9.17) is 5.84 Å². The fraction of sp³-hybridized carbons (Fsp3) is 0. The molecule has 0 aromatic carbocycles. The topological polar surface area (TPSA) is 43.8 Å². The third-order valence-electron chi connectivity index (χ3n) is 1.38. The molecule has 2 heterocycles. The summed E-state index contributed by atoms with van der Waals surface area (Å²) in [6.07, 6.45) is 1.73. The minimum atomic E-state index is 0.933. The van der Waals surface area contributed by atoms with E-state index < -0.39 is 0 Å². The number of thiophene rings is 1. The fourth-order valence-electron chi connectivity index (χ4n) is 0.894. The lowest BCUT2D eigenvalue weighted by molar-refractivity contribution is 0.836. The summed E-state index contributed by atoms with van der Waals surface area (Å²) in [5, 5.41) is 6.08. The summed E-state index contributed by atoms with van der Waals surface area (Å²) in [5.41, 5.74) is 0.933. The first kappa shape index (κ1) is 6.42. The maximum Gasteiger partial charge on any atom is 0.104 e. The van der Waals surface area contributed by atoms with Gasteiger partial charge in [0.2, 0.25) is 0 Å². The van der Waals surface area contributed by atoms with Crippen molar-refractivity contribution in [2.75, 3.05) is 5.84 Å². The number of hydrogen-bond donors (Lipinski definition) is 1. The average Bonchev–Trinajstić information content (AvgIpc) is 2.55. The largest absolute Gasteiger partial charge is 0.323 e. The second-order valence-corrected chi connectivity index (χ2v) is 3.11. The van der Waals surface area contributed by atoms with Crippen LogP contribution in [0, 0.1) is 0 Å². The first-order valence-corrected chi connectivity index (χ1v) is 4.09. The van der Waals surface area contributed by atoms with Crippen LogP contribution in [0.15, 0.2) is 29.8 Å². The van der Waals surface area contributed by atoms with Crippen LogP contribution in [0.4, 0.5) is 0 Å². The van der Waals surface area contributed by atoms with Gasteiger partial charge in [-0.3, -0.25) is 0 Å². The monoisotopic (exact) mass is 165 g/mol. The molecule has 2 aromatic heterocycles. The van der Waals surface area contributed by atoms with Crippen molar-refractivity contribution in [1.82, 2.24) is 9.89 Å². The molecule has 0 aliphatic heterocycles. The molecule has 0 saturated heterocycles. The maximum absolute atomic E-state index is 5.39. The molecule has 0 atom stereocenters. The van der Waals surface area contributed by atoms with Gasteiger partial charge in [0.25, 0.3) is 0 Å². The highest BCUT2D eigenvalue weighted by Crippen LogP contribution is 2.21. The van der Waals surface area contributed by atoms with Gasteiger partial charge in [0, 0.05) is 6.20 Å². The van der Waals surface area contributed by atoms with E-state index in [1.165, 1.54) is 4.79 Å². The zero-order valence-corrected chi connectivity index (χ0v) is 6.58. The fourth-order valence-corrected chi connectivity index (χ4v) is 1.58. The maximum atomic E-state index is 5.39. The van der Waals surface area contributed by atoms with Gasteiger partial charge in [0.15, 0.2) is 0 Å². The zero-order chi connectivity index (χ0) is 7.68. The van der Waals surface area contributed by atoms with E-state index in [0.29, 0.717) is 0 Å². The van der Waals surface area contributed by atoms with Gasteiger partial charge in [-0.05, 0) is 17.5 Å². The van der Waals surface area contributed by atoms with Gasteiger partial charge in [-0.25, -0.2) is 0 Å². The lowest BCUT2D eigenvalue weighted by Gasteiger charge is -1.87. The van der Waals surface area contributed by atoms with E-state index >= 15 is 0 Å². The normalized spacial score (nSPS) is 10.2. The summed E-state index contributed by atoms with van der Waals surface area (Å²) < 4.78 is 0. The van der Waals surface area contributed by atoms with Crippen LogP contribution in [0.2, 0.25) is 0 Å². The van der Waals surface area contributed by atoms with Crippen LogP contribution >= 0.6 is 11.3 Å². The van der Waals surface area contributed by atoms with Gasteiger partial charge in [0.05, 0.1) is 4.88 Å². The van der Waals surface area contributed by atoms with E-state index in [0.717, 1.165) is 10.6 Å². The number of nitrogens with two attached hydrogens (primary N) is 1. The molecule has 0 bridgehead atoms. The van der Waals surface area contributed by atoms with Crippen molar-refractivity contribution in [2.24, 2.45) is 0 Å². The van der Waals surface area contributed by atoms with Crippen molar-refractivity contribution in [2.45, 2.75) is 0 Å². The summed E-state index contributed by atoms with van der Waals surface area (Å²) in [6.45, 7) is 0. The van der Waals surface area contributed by atoms with Gasteiger partial charge in [-0.2, -0.15) is 9.89 Å². The average molecular weight is 165 g/mol. The van der Waals surface area contributed by atoms with Crippen LogP contribution in [0.1, 0.15) is 0 Å². The first-order valence-electron chi connectivity index (χ1n) is 3.21. The van der Waals surface area contributed by atoms with Crippen LogP contribution in [-0.4, -0.2) is 9.89 Å². The summed E-state index contributed by atoms with van der Waals surface area (Å²) in [6, 6.07) is 5.91. The van der Waals surface area contributed by atoms with Gasteiger partial charge < -0.3 is 5.84 Å². The van der Waals surface area contributed by atoms with Gasteiger partial charge >= 0.3 is 0 Å². The van der Waals surface area contributed by atoms with Crippen molar-refractivity contribution >= 4 is 11.3 Å². The minimum absolute atomic E-state index is 0.933. The van der Waals surface area contributed by atoms with Crippen molar-refractivity contribution < 1.29 is 0 Å². The number of nitrogens with zero attached hydrogens (tertiary/aromatic N) is 2. The minimum Gasteiger partial charge on any atom is -0.323 e. The third kappa shape index (κ3) is 1.12. The van der Waals surface area contributed by atoms with E-state index in [1.807, 2.05) is 23.6 Å². The van der Waals surface area contributed by atoms with E-state index in [2.05, 4.69) is 5.10 Å². The molecule has 0 spiro atoms. The molecule has 56 valence electrons. The second-order valence-electron chi connectivity index (χ2n) is 2.16. The van der Waals surface area contributed by atoms with Gasteiger partial charge in [0.1, 0.15) is 5.69 Å². The smallest absolute Gasteiger partial charge is 0.104 e. The highest BCUT2D eigenvalue weighted by atomic mass is 32.1. The Bertz CT molecular complexity index is 336. The van der Waals surface area contributed by atoms with Gasteiger partial charge in [-0.15, -0.1) is 11.3 Å². The highest BCUT2D eigenvalue weighted by Gasteiger charge is 1.99. The molecular formula is C7H7N3S. The Kier molecular flexibility index (Phi) is 1.40. The molecule has 2 rings (SSSR count). The molecule has 0 amide bonds. The van der Waals surface area contributed by atoms with Gasteiger partial charge in [-0.1, -0.05) is 6.07 Å². The van der Waals surface area contributed by atoms with Crippen LogP contribution in [0.25, 0.3) is 10.6 Å². The third-order valence-corrected chi connectivity index (χ3v) is 2.27. The van der Waals surface area contributed by atoms with Crippen LogP contribution in [0.3, 0.4) is 0 Å². The molecule has 0 saturated carbocycles. The Balaban J connectivity index is 2.45.